The third-order valence-electron chi connectivity index (χ3n) is 6.69. The number of likely N-dealkylation sites (tertiary alicyclic amines) is 2. The van der Waals surface area contributed by atoms with E-state index in [0.29, 0.717) is 37.6 Å². The van der Waals surface area contributed by atoms with Crippen LogP contribution >= 0.6 is 0 Å². The molecular formula is C24H28N6O3. The van der Waals surface area contributed by atoms with E-state index in [9.17, 15) is 9.59 Å². The van der Waals surface area contributed by atoms with Crippen molar-refractivity contribution in [3.8, 4) is 0 Å². The smallest absolute Gasteiger partial charge is 0.276 e. The molecule has 5 rings (SSSR count). The van der Waals surface area contributed by atoms with E-state index in [4.69, 9.17) is 4.52 Å². The number of benzene rings is 1. The molecule has 3 aromatic rings. The van der Waals surface area contributed by atoms with E-state index in [1.165, 1.54) is 5.56 Å². The second-order valence-electron chi connectivity index (χ2n) is 9.24. The van der Waals surface area contributed by atoms with Gasteiger partial charge in [-0.25, -0.2) is 0 Å². The summed E-state index contributed by atoms with van der Waals surface area (Å²) < 4.78 is 7.11. The molecular weight excluding hydrogens is 420 g/mol. The van der Waals surface area contributed by atoms with E-state index < -0.39 is 0 Å². The van der Waals surface area contributed by atoms with Crippen molar-refractivity contribution in [2.45, 2.75) is 20.0 Å². The number of hydrogen-bond acceptors (Lipinski definition) is 6. The van der Waals surface area contributed by atoms with Gasteiger partial charge in [-0.2, -0.15) is 5.10 Å². The highest BCUT2D eigenvalue weighted by atomic mass is 16.5. The van der Waals surface area contributed by atoms with Gasteiger partial charge in [0.25, 0.3) is 5.91 Å². The molecule has 2 aliphatic heterocycles. The molecule has 1 unspecified atom stereocenters. The van der Waals surface area contributed by atoms with Gasteiger partial charge in [-0.15, -0.1) is 0 Å². The van der Waals surface area contributed by atoms with E-state index in [-0.39, 0.29) is 23.1 Å². The number of nitrogens with zero attached hydrogens (tertiary/aromatic N) is 5. The number of carbonyl (C=O) groups excluding carboxylic acids is 2. The van der Waals surface area contributed by atoms with Crippen LogP contribution in [-0.4, -0.2) is 69.8 Å². The molecule has 2 amide bonds. The molecule has 9 nitrogen and oxygen atoms in total. The molecule has 2 fully saturated rings. The van der Waals surface area contributed by atoms with Crippen molar-refractivity contribution >= 4 is 11.8 Å². The monoisotopic (exact) mass is 448 g/mol. The van der Waals surface area contributed by atoms with Crippen molar-refractivity contribution < 1.29 is 14.1 Å². The predicted octanol–water partition coefficient (Wildman–Crippen LogP) is 1.55. The molecule has 4 heterocycles. The summed E-state index contributed by atoms with van der Waals surface area (Å²) in [6, 6.07) is 11.9. The first-order chi connectivity index (χ1) is 16.0. The van der Waals surface area contributed by atoms with Gasteiger partial charge in [0.15, 0.2) is 11.5 Å². The predicted molar refractivity (Wildman–Crippen MR) is 120 cm³/mol. The molecule has 1 atom stereocenters. The van der Waals surface area contributed by atoms with Crippen LogP contribution in [0.25, 0.3) is 0 Å². The molecule has 2 saturated heterocycles. The lowest BCUT2D eigenvalue weighted by molar-refractivity contribution is -0.130. The van der Waals surface area contributed by atoms with Crippen LogP contribution in [-0.2, 0) is 17.9 Å². The number of amides is 2. The lowest BCUT2D eigenvalue weighted by atomic mass is 9.71. The van der Waals surface area contributed by atoms with Crippen LogP contribution in [0.5, 0.6) is 0 Å². The Labute approximate surface area is 192 Å². The summed E-state index contributed by atoms with van der Waals surface area (Å²) in [4.78, 5) is 29.8. The van der Waals surface area contributed by atoms with Gasteiger partial charge in [0, 0.05) is 57.4 Å². The van der Waals surface area contributed by atoms with Crippen LogP contribution in [0.15, 0.2) is 53.3 Å². The maximum atomic E-state index is 13.0. The number of carbonyl (C=O) groups is 2. The standard InChI is InChI=1S/C24H28N6O3/c1-17-9-26-30(10-17)12-19-8-21(27-33-19)23(32)29-15-24(16-29)14-28(13-20(24)22(31)25-2)11-18-6-4-3-5-7-18/h3-10,20H,11-16H2,1-2H3,(H,25,31). The summed E-state index contributed by atoms with van der Waals surface area (Å²) in [5.74, 6) is 0.307. The van der Waals surface area contributed by atoms with Crippen molar-refractivity contribution in [3.63, 3.8) is 0 Å². The molecule has 1 spiro atoms. The van der Waals surface area contributed by atoms with Crippen LogP contribution in [0.1, 0.15) is 27.4 Å². The van der Waals surface area contributed by atoms with Gasteiger partial charge in [0.05, 0.1) is 12.1 Å². The first kappa shape index (κ1) is 21.4. The van der Waals surface area contributed by atoms with Gasteiger partial charge in [0.2, 0.25) is 5.91 Å². The molecule has 172 valence electrons. The summed E-state index contributed by atoms with van der Waals surface area (Å²) in [5, 5.41) is 11.0. The topological polar surface area (TPSA) is 96.5 Å². The lowest BCUT2D eigenvalue weighted by Gasteiger charge is -2.50. The highest BCUT2D eigenvalue weighted by Gasteiger charge is 2.57. The van der Waals surface area contributed by atoms with E-state index in [2.05, 4.69) is 32.6 Å². The Morgan fingerprint density at radius 2 is 1.97 bits per heavy atom. The van der Waals surface area contributed by atoms with Crippen molar-refractivity contribution in [1.82, 2.24) is 30.1 Å². The Balaban J connectivity index is 1.25. The highest BCUT2D eigenvalue weighted by molar-refractivity contribution is 5.93. The normalized spacial score (nSPS) is 19.6. The minimum absolute atomic E-state index is 0.0379. The SMILES string of the molecule is CNC(=O)C1CN(Cc2ccccc2)CC12CN(C(=O)c1cc(Cn3cc(C)cn3)on1)C2. The highest BCUT2D eigenvalue weighted by Crippen LogP contribution is 2.45. The van der Waals surface area contributed by atoms with E-state index in [0.717, 1.165) is 18.7 Å². The maximum Gasteiger partial charge on any atom is 0.276 e. The van der Waals surface area contributed by atoms with E-state index in [1.54, 1.807) is 28.9 Å². The first-order valence-electron chi connectivity index (χ1n) is 11.2. The van der Waals surface area contributed by atoms with Gasteiger partial charge in [-0.1, -0.05) is 35.5 Å². The largest absolute Gasteiger partial charge is 0.359 e. The quantitative estimate of drug-likeness (QED) is 0.615. The second kappa shape index (κ2) is 8.47. The molecule has 9 heteroatoms. The summed E-state index contributed by atoms with van der Waals surface area (Å²) in [6.45, 7) is 5.73. The number of hydrogen-bond donors (Lipinski definition) is 1. The Morgan fingerprint density at radius 1 is 1.18 bits per heavy atom. The van der Waals surface area contributed by atoms with Gasteiger partial charge in [-0.05, 0) is 18.1 Å². The van der Waals surface area contributed by atoms with Gasteiger partial charge >= 0.3 is 0 Å². The van der Waals surface area contributed by atoms with Crippen molar-refractivity contribution in [2.24, 2.45) is 11.3 Å². The van der Waals surface area contributed by atoms with Crippen LogP contribution in [0.4, 0.5) is 0 Å². The van der Waals surface area contributed by atoms with E-state index in [1.807, 2.05) is 31.3 Å². The molecule has 1 N–H and O–H groups in total. The van der Waals surface area contributed by atoms with Crippen LogP contribution < -0.4 is 5.32 Å². The average molecular weight is 449 g/mol. The number of aromatic nitrogens is 3. The fraction of sp³-hybridized carbons (Fsp3) is 0.417. The fourth-order valence-corrected chi connectivity index (χ4v) is 5.11. The van der Waals surface area contributed by atoms with Crippen molar-refractivity contribution in [1.29, 1.82) is 0 Å². The number of aryl methyl sites for hydroxylation is 1. The minimum atomic E-state index is -0.232. The van der Waals surface area contributed by atoms with Crippen LogP contribution in [0, 0.1) is 18.3 Å². The van der Waals surface area contributed by atoms with Crippen LogP contribution in [0.3, 0.4) is 0 Å². The maximum absolute atomic E-state index is 13.0. The number of nitrogens with one attached hydrogen (secondary N) is 1. The third-order valence-corrected chi connectivity index (χ3v) is 6.69. The molecule has 0 radical (unpaired) electrons. The zero-order chi connectivity index (χ0) is 23.0. The van der Waals surface area contributed by atoms with Crippen LogP contribution in [0.2, 0.25) is 0 Å². The Bertz CT molecular complexity index is 1150. The van der Waals surface area contributed by atoms with Crippen molar-refractivity contribution in [3.05, 3.63) is 71.4 Å². The Hall–Kier alpha value is -3.46. The zero-order valence-corrected chi connectivity index (χ0v) is 18.9. The summed E-state index contributed by atoms with van der Waals surface area (Å²) in [7, 11) is 1.68. The second-order valence-corrected chi connectivity index (χ2v) is 9.24. The average Bonchev–Trinajstić information content (AvgIpc) is 3.51. The Kier molecular flexibility index (Phi) is 5.49. The molecule has 0 aliphatic carbocycles. The third kappa shape index (κ3) is 4.16. The molecule has 2 aromatic heterocycles. The first-order valence-corrected chi connectivity index (χ1v) is 11.2. The molecule has 0 bridgehead atoms. The van der Waals surface area contributed by atoms with Gasteiger partial charge in [-0.3, -0.25) is 19.2 Å². The summed E-state index contributed by atoms with van der Waals surface area (Å²) in [6.07, 6.45) is 3.68. The Morgan fingerprint density at radius 3 is 2.67 bits per heavy atom. The fourth-order valence-electron chi connectivity index (χ4n) is 5.11. The molecule has 0 saturated carbocycles. The summed E-state index contributed by atoms with van der Waals surface area (Å²) >= 11 is 0. The van der Waals surface area contributed by atoms with Gasteiger partial charge < -0.3 is 14.7 Å². The van der Waals surface area contributed by atoms with Crippen molar-refractivity contribution in [2.75, 3.05) is 33.2 Å². The summed E-state index contributed by atoms with van der Waals surface area (Å²) in [5.41, 5.74) is 2.34. The zero-order valence-electron chi connectivity index (χ0n) is 18.9. The molecule has 1 aromatic carbocycles. The molecule has 2 aliphatic rings. The molecule has 33 heavy (non-hydrogen) atoms. The lowest BCUT2D eigenvalue weighted by Crippen LogP contribution is -2.64. The number of rotatable bonds is 6. The minimum Gasteiger partial charge on any atom is -0.359 e. The van der Waals surface area contributed by atoms with Gasteiger partial charge in [0.1, 0.15) is 6.54 Å². The van der Waals surface area contributed by atoms with E-state index >= 15 is 0 Å².